The molecular weight excluding hydrogens is 358 g/mol. The van der Waals surface area contributed by atoms with Crippen molar-refractivity contribution in [3.63, 3.8) is 0 Å². The molecule has 25 heavy (non-hydrogen) atoms. The van der Waals surface area contributed by atoms with E-state index in [1.807, 2.05) is 0 Å². The molecule has 1 aliphatic heterocycles. The summed E-state index contributed by atoms with van der Waals surface area (Å²) in [4.78, 5) is 14.1. The molecule has 1 saturated heterocycles. The number of nitrogens with zero attached hydrogens (tertiary/aromatic N) is 1. The summed E-state index contributed by atoms with van der Waals surface area (Å²) in [6, 6.07) is 4.65. The lowest BCUT2D eigenvalue weighted by Crippen LogP contribution is -2.57. The van der Waals surface area contributed by atoms with E-state index >= 15 is 0 Å². The van der Waals surface area contributed by atoms with Gasteiger partial charge >= 0.3 is 6.61 Å². The second-order valence-electron chi connectivity index (χ2n) is 5.79. The quantitative estimate of drug-likeness (QED) is 0.818. The molecule has 1 heterocycles. The predicted molar refractivity (Wildman–Crippen MR) is 90.3 cm³/mol. The molecule has 1 amide bonds. The molecule has 0 saturated carbocycles. The summed E-state index contributed by atoms with van der Waals surface area (Å²) in [5, 5.41) is 0. The van der Waals surface area contributed by atoms with Gasteiger partial charge in [0.2, 0.25) is 5.91 Å². The van der Waals surface area contributed by atoms with E-state index < -0.39 is 12.2 Å². The third-order valence-corrected chi connectivity index (χ3v) is 4.02. The number of carbonyl (C=O) groups is 1. The molecule has 1 aromatic carbocycles. The fraction of sp³-hybridized carbons (Fsp3) is 0.562. The molecular formula is C16H23ClF2N2O4. The molecule has 0 bridgehead atoms. The van der Waals surface area contributed by atoms with Gasteiger partial charge in [-0.1, -0.05) is 6.07 Å². The van der Waals surface area contributed by atoms with Crippen LogP contribution in [0.1, 0.15) is 18.4 Å². The summed E-state index contributed by atoms with van der Waals surface area (Å²) in [7, 11) is 3.00. The highest BCUT2D eigenvalue weighted by atomic mass is 35.5. The third kappa shape index (κ3) is 5.42. The van der Waals surface area contributed by atoms with Crippen molar-refractivity contribution in [2.24, 2.45) is 5.73 Å². The van der Waals surface area contributed by atoms with Crippen LogP contribution in [0.25, 0.3) is 0 Å². The van der Waals surface area contributed by atoms with Crippen LogP contribution in [0, 0.1) is 0 Å². The number of nitrogens with two attached hydrogens (primary N) is 1. The monoisotopic (exact) mass is 380 g/mol. The molecule has 142 valence electrons. The fourth-order valence-corrected chi connectivity index (χ4v) is 2.68. The standard InChI is InChI=1S/C16H22F2N2O4.ClH/c1-20(14(21)16(19)5-7-23-8-6-16)10-11-3-4-12(22-2)13(9-11)24-15(17)18;/h3-4,9,15H,5-8,10,19H2,1-2H3;1H. The number of alkyl halides is 2. The van der Waals surface area contributed by atoms with E-state index in [1.54, 1.807) is 13.1 Å². The first-order valence-electron chi connectivity index (χ1n) is 7.59. The first-order chi connectivity index (χ1) is 11.4. The molecule has 1 aliphatic rings. The first kappa shape index (κ1) is 21.4. The number of halogens is 3. The predicted octanol–water partition coefficient (Wildman–Crippen LogP) is 2.18. The van der Waals surface area contributed by atoms with Crippen molar-refractivity contribution in [2.45, 2.75) is 31.5 Å². The van der Waals surface area contributed by atoms with Gasteiger partial charge in [0.05, 0.1) is 12.6 Å². The van der Waals surface area contributed by atoms with Crippen molar-refractivity contribution in [3.05, 3.63) is 23.8 Å². The Kier molecular flexibility index (Phi) is 7.85. The molecule has 1 fully saturated rings. The van der Waals surface area contributed by atoms with E-state index in [2.05, 4.69) is 4.74 Å². The average Bonchev–Trinajstić information content (AvgIpc) is 2.54. The highest BCUT2D eigenvalue weighted by Gasteiger charge is 2.37. The van der Waals surface area contributed by atoms with Gasteiger partial charge in [-0.3, -0.25) is 4.79 Å². The van der Waals surface area contributed by atoms with Crippen LogP contribution >= 0.6 is 12.4 Å². The van der Waals surface area contributed by atoms with Crippen LogP contribution in [0.5, 0.6) is 11.5 Å². The number of carbonyl (C=O) groups excluding carboxylic acids is 1. The summed E-state index contributed by atoms with van der Waals surface area (Å²) in [6.45, 7) is -1.83. The molecule has 0 atom stereocenters. The highest BCUT2D eigenvalue weighted by Crippen LogP contribution is 2.30. The number of hydrogen-bond donors (Lipinski definition) is 1. The summed E-state index contributed by atoms with van der Waals surface area (Å²) in [5.41, 5.74) is 5.88. The Morgan fingerprint density at radius 2 is 2.00 bits per heavy atom. The lowest BCUT2D eigenvalue weighted by atomic mass is 9.89. The van der Waals surface area contributed by atoms with Crippen LogP contribution in [-0.4, -0.2) is 50.3 Å². The molecule has 6 nitrogen and oxygen atoms in total. The molecule has 0 unspecified atom stereocenters. The number of likely N-dealkylation sites (N-methyl/N-ethyl adjacent to an activating group) is 1. The molecule has 0 aromatic heterocycles. The van der Waals surface area contributed by atoms with Crippen molar-refractivity contribution >= 4 is 18.3 Å². The normalized spacial score (nSPS) is 16.1. The Hall–Kier alpha value is -1.64. The smallest absolute Gasteiger partial charge is 0.387 e. The Bertz CT molecular complexity index is 583. The van der Waals surface area contributed by atoms with Gasteiger partial charge in [-0.15, -0.1) is 12.4 Å². The molecule has 9 heteroatoms. The number of hydrogen-bond acceptors (Lipinski definition) is 5. The molecule has 0 aliphatic carbocycles. The van der Waals surface area contributed by atoms with E-state index in [1.165, 1.54) is 24.1 Å². The van der Waals surface area contributed by atoms with Gasteiger partial charge in [0, 0.05) is 26.8 Å². The average molecular weight is 381 g/mol. The van der Waals surface area contributed by atoms with E-state index in [9.17, 15) is 13.6 Å². The number of benzene rings is 1. The summed E-state index contributed by atoms with van der Waals surface area (Å²) in [6.07, 6.45) is 0.914. The highest BCUT2D eigenvalue weighted by molar-refractivity contribution is 5.86. The molecule has 0 radical (unpaired) electrons. The van der Waals surface area contributed by atoms with Gasteiger partial charge in [-0.2, -0.15) is 8.78 Å². The second-order valence-corrected chi connectivity index (χ2v) is 5.79. The molecule has 2 N–H and O–H groups in total. The lowest BCUT2D eigenvalue weighted by Gasteiger charge is -2.35. The van der Waals surface area contributed by atoms with Gasteiger partial charge in [-0.25, -0.2) is 0 Å². The number of methoxy groups -OCH3 is 1. The molecule has 1 aromatic rings. The SMILES string of the molecule is COc1ccc(CN(C)C(=O)C2(N)CCOCC2)cc1OC(F)F.Cl. The summed E-state index contributed by atoms with van der Waals surface area (Å²) >= 11 is 0. The zero-order valence-electron chi connectivity index (χ0n) is 14.2. The number of rotatable bonds is 6. The zero-order chi connectivity index (χ0) is 17.7. The van der Waals surface area contributed by atoms with E-state index in [0.29, 0.717) is 31.6 Å². The topological polar surface area (TPSA) is 74.0 Å². The lowest BCUT2D eigenvalue weighted by molar-refractivity contribution is -0.139. The molecule has 0 spiro atoms. The van der Waals surface area contributed by atoms with Crippen LogP contribution in [0.15, 0.2) is 18.2 Å². The molecule has 2 rings (SSSR count). The van der Waals surface area contributed by atoms with Gasteiger partial charge < -0.3 is 24.8 Å². The van der Waals surface area contributed by atoms with Crippen LogP contribution in [0.4, 0.5) is 8.78 Å². The Morgan fingerprint density at radius 3 is 2.56 bits per heavy atom. The minimum absolute atomic E-state index is 0. The minimum atomic E-state index is -2.96. The fourth-order valence-electron chi connectivity index (χ4n) is 2.68. The number of amides is 1. The van der Waals surface area contributed by atoms with Crippen LogP contribution < -0.4 is 15.2 Å². The van der Waals surface area contributed by atoms with Gasteiger partial charge in [-0.05, 0) is 30.5 Å². The minimum Gasteiger partial charge on any atom is -0.493 e. The first-order valence-corrected chi connectivity index (χ1v) is 7.59. The van der Waals surface area contributed by atoms with Gasteiger partial charge in [0.1, 0.15) is 0 Å². The van der Waals surface area contributed by atoms with Crippen LogP contribution in [0.2, 0.25) is 0 Å². The summed E-state index contributed by atoms with van der Waals surface area (Å²) in [5.74, 6) is -0.0647. The van der Waals surface area contributed by atoms with Gasteiger partial charge in [0.15, 0.2) is 11.5 Å². The van der Waals surface area contributed by atoms with E-state index in [-0.39, 0.29) is 36.4 Å². The van der Waals surface area contributed by atoms with E-state index in [0.717, 1.165) is 0 Å². The van der Waals surface area contributed by atoms with Crippen molar-refractivity contribution in [2.75, 3.05) is 27.4 Å². The maximum absolute atomic E-state index is 12.6. The largest absolute Gasteiger partial charge is 0.493 e. The third-order valence-electron chi connectivity index (χ3n) is 4.02. The van der Waals surface area contributed by atoms with Crippen LogP contribution in [-0.2, 0) is 16.1 Å². The Balaban J connectivity index is 0.00000312. The maximum Gasteiger partial charge on any atom is 0.387 e. The van der Waals surface area contributed by atoms with E-state index in [4.69, 9.17) is 15.2 Å². The summed E-state index contributed by atoms with van der Waals surface area (Å²) < 4.78 is 39.6. The zero-order valence-corrected chi connectivity index (χ0v) is 15.0. The van der Waals surface area contributed by atoms with Gasteiger partial charge in [0.25, 0.3) is 0 Å². The Morgan fingerprint density at radius 1 is 1.36 bits per heavy atom. The second kappa shape index (κ2) is 9.17. The van der Waals surface area contributed by atoms with Crippen LogP contribution in [0.3, 0.4) is 0 Å². The van der Waals surface area contributed by atoms with Crippen molar-refractivity contribution in [3.8, 4) is 11.5 Å². The maximum atomic E-state index is 12.6. The van der Waals surface area contributed by atoms with Crippen molar-refractivity contribution in [1.29, 1.82) is 0 Å². The van der Waals surface area contributed by atoms with Crippen molar-refractivity contribution < 1.29 is 27.8 Å². The van der Waals surface area contributed by atoms with Crippen molar-refractivity contribution in [1.82, 2.24) is 4.90 Å². The Labute approximate surface area is 151 Å². The number of ether oxygens (including phenoxy) is 3.